The fourth-order valence-corrected chi connectivity index (χ4v) is 2.63. The molecular formula is C13H16N6O. The predicted molar refractivity (Wildman–Crippen MR) is 74.8 cm³/mol. The van der Waals surface area contributed by atoms with E-state index in [1.165, 1.54) is 12.4 Å². The molecule has 1 atom stereocenters. The summed E-state index contributed by atoms with van der Waals surface area (Å²) in [5.41, 5.74) is 6.53. The standard InChI is InChI=1S/C13H16N6O/c1-2-11(20)18-5-3-4-9(7-18)19-13-10(6-17-19)12(14)15-8-16-13/h2,6,8-9H,1,3-5,7H2,(H2,14,15,16)/t9-/m1/s1. The number of fused-ring (bicyclic) bond motifs is 1. The molecule has 7 heteroatoms. The minimum absolute atomic E-state index is 0.0414. The van der Waals surface area contributed by atoms with Gasteiger partial charge in [-0.3, -0.25) is 4.79 Å². The van der Waals surface area contributed by atoms with E-state index in [0.717, 1.165) is 30.4 Å². The van der Waals surface area contributed by atoms with E-state index < -0.39 is 0 Å². The van der Waals surface area contributed by atoms with E-state index in [1.807, 2.05) is 4.68 Å². The maximum Gasteiger partial charge on any atom is 0.246 e. The SMILES string of the molecule is C=CC(=O)N1CCC[C@@H](n2ncc3c(N)ncnc32)C1. The Morgan fingerprint density at radius 2 is 2.35 bits per heavy atom. The first-order chi connectivity index (χ1) is 9.70. The van der Waals surface area contributed by atoms with Crippen molar-refractivity contribution in [2.45, 2.75) is 18.9 Å². The smallest absolute Gasteiger partial charge is 0.246 e. The summed E-state index contributed by atoms with van der Waals surface area (Å²) in [6.07, 6.45) is 6.36. The molecule has 0 bridgehead atoms. The Labute approximate surface area is 116 Å². The van der Waals surface area contributed by atoms with E-state index in [9.17, 15) is 4.79 Å². The van der Waals surface area contributed by atoms with Crippen molar-refractivity contribution in [2.75, 3.05) is 18.8 Å². The van der Waals surface area contributed by atoms with Gasteiger partial charge in [-0.15, -0.1) is 0 Å². The monoisotopic (exact) mass is 272 g/mol. The number of aromatic nitrogens is 4. The van der Waals surface area contributed by atoms with E-state index in [0.29, 0.717) is 12.4 Å². The van der Waals surface area contributed by atoms with E-state index in [-0.39, 0.29) is 11.9 Å². The number of nitrogens with zero attached hydrogens (tertiary/aromatic N) is 5. The quantitative estimate of drug-likeness (QED) is 0.815. The van der Waals surface area contributed by atoms with E-state index >= 15 is 0 Å². The molecule has 2 aromatic rings. The Morgan fingerprint density at radius 1 is 1.50 bits per heavy atom. The van der Waals surface area contributed by atoms with Crippen LogP contribution >= 0.6 is 0 Å². The molecule has 2 aromatic heterocycles. The lowest BCUT2D eigenvalue weighted by Gasteiger charge is -2.32. The Morgan fingerprint density at radius 3 is 3.15 bits per heavy atom. The third-order valence-corrected chi connectivity index (χ3v) is 3.65. The normalized spacial score (nSPS) is 19.2. The van der Waals surface area contributed by atoms with Crippen LogP contribution in [0.1, 0.15) is 18.9 Å². The van der Waals surface area contributed by atoms with E-state index in [1.54, 1.807) is 11.1 Å². The van der Waals surface area contributed by atoms with Crippen LogP contribution in [0.5, 0.6) is 0 Å². The Bertz CT molecular complexity index is 664. The van der Waals surface area contributed by atoms with Crippen LogP contribution in [0.25, 0.3) is 11.0 Å². The summed E-state index contributed by atoms with van der Waals surface area (Å²) in [4.78, 5) is 21.7. The lowest BCUT2D eigenvalue weighted by Crippen LogP contribution is -2.40. The lowest BCUT2D eigenvalue weighted by atomic mass is 10.1. The molecule has 104 valence electrons. The molecule has 0 aliphatic carbocycles. The molecule has 0 saturated carbocycles. The summed E-state index contributed by atoms with van der Waals surface area (Å²) in [5.74, 6) is 0.386. The van der Waals surface area contributed by atoms with Gasteiger partial charge in [0.05, 0.1) is 17.6 Å². The molecular weight excluding hydrogens is 256 g/mol. The molecule has 3 heterocycles. The van der Waals surface area contributed by atoms with Gasteiger partial charge >= 0.3 is 0 Å². The van der Waals surface area contributed by atoms with Crippen LogP contribution in [0, 0.1) is 0 Å². The minimum atomic E-state index is -0.0414. The van der Waals surface area contributed by atoms with Crippen LogP contribution in [0.2, 0.25) is 0 Å². The van der Waals surface area contributed by atoms with Crippen molar-refractivity contribution in [3.63, 3.8) is 0 Å². The summed E-state index contributed by atoms with van der Waals surface area (Å²) in [5, 5.41) is 5.12. The summed E-state index contributed by atoms with van der Waals surface area (Å²) >= 11 is 0. The van der Waals surface area contributed by atoms with Crippen LogP contribution < -0.4 is 5.73 Å². The molecule has 7 nitrogen and oxygen atoms in total. The van der Waals surface area contributed by atoms with Crippen molar-refractivity contribution in [2.24, 2.45) is 0 Å². The van der Waals surface area contributed by atoms with Gasteiger partial charge in [0.25, 0.3) is 0 Å². The fourth-order valence-electron chi connectivity index (χ4n) is 2.63. The van der Waals surface area contributed by atoms with Crippen LogP contribution in [-0.4, -0.2) is 43.6 Å². The second kappa shape index (κ2) is 4.92. The molecule has 0 unspecified atom stereocenters. The zero-order valence-electron chi connectivity index (χ0n) is 11.1. The highest BCUT2D eigenvalue weighted by molar-refractivity contribution is 5.87. The number of nitrogen functional groups attached to an aromatic ring is 1. The highest BCUT2D eigenvalue weighted by Crippen LogP contribution is 2.25. The van der Waals surface area contributed by atoms with E-state index in [4.69, 9.17) is 5.73 Å². The highest BCUT2D eigenvalue weighted by atomic mass is 16.2. The van der Waals surface area contributed by atoms with Crippen molar-refractivity contribution in [3.05, 3.63) is 25.2 Å². The van der Waals surface area contributed by atoms with Gasteiger partial charge in [-0.05, 0) is 18.9 Å². The molecule has 1 fully saturated rings. The number of nitrogens with two attached hydrogens (primary N) is 1. The van der Waals surface area contributed by atoms with Gasteiger partial charge in [0.1, 0.15) is 12.1 Å². The second-order valence-electron chi connectivity index (χ2n) is 4.87. The molecule has 3 rings (SSSR count). The van der Waals surface area contributed by atoms with Crippen molar-refractivity contribution in [1.82, 2.24) is 24.6 Å². The number of likely N-dealkylation sites (tertiary alicyclic amines) is 1. The molecule has 0 aromatic carbocycles. The molecule has 2 N–H and O–H groups in total. The highest BCUT2D eigenvalue weighted by Gasteiger charge is 2.25. The first-order valence-electron chi connectivity index (χ1n) is 6.55. The van der Waals surface area contributed by atoms with Crippen molar-refractivity contribution in [3.8, 4) is 0 Å². The predicted octanol–water partition coefficient (Wildman–Crippen LogP) is 0.758. The number of amides is 1. The average Bonchev–Trinajstić information content (AvgIpc) is 2.92. The largest absolute Gasteiger partial charge is 0.383 e. The molecule has 1 aliphatic rings. The van der Waals surface area contributed by atoms with Gasteiger partial charge < -0.3 is 10.6 Å². The number of carbonyl (C=O) groups is 1. The van der Waals surface area contributed by atoms with Crippen molar-refractivity contribution in [1.29, 1.82) is 0 Å². The van der Waals surface area contributed by atoms with Gasteiger partial charge in [0.15, 0.2) is 5.65 Å². The Kier molecular flexibility index (Phi) is 3.09. The molecule has 20 heavy (non-hydrogen) atoms. The Balaban J connectivity index is 1.93. The maximum absolute atomic E-state index is 11.7. The molecule has 0 radical (unpaired) electrons. The van der Waals surface area contributed by atoms with Crippen molar-refractivity contribution < 1.29 is 4.79 Å². The van der Waals surface area contributed by atoms with Crippen molar-refractivity contribution >= 4 is 22.8 Å². The minimum Gasteiger partial charge on any atom is -0.383 e. The zero-order chi connectivity index (χ0) is 14.1. The van der Waals surface area contributed by atoms with Gasteiger partial charge in [-0.2, -0.15) is 5.10 Å². The van der Waals surface area contributed by atoms with Crippen LogP contribution in [0.4, 0.5) is 5.82 Å². The third-order valence-electron chi connectivity index (χ3n) is 3.65. The Hall–Kier alpha value is -2.44. The number of piperidine rings is 1. The molecule has 0 spiro atoms. The fraction of sp³-hybridized carbons (Fsp3) is 0.385. The summed E-state index contributed by atoms with van der Waals surface area (Å²) < 4.78 is 1.84. The topological polar surface area (TPSA) is 89.9 Å². The van der Waals surface area contributed by atoms with Gasteiger partial charge in [-0.25, -0.2) is 14.6 Å². The first-order valence-corrected chi connectivity index (χ1v) is 6.55. The summed E-state index contributed by atoms with van der Waals surface area (Å²) in [6, 6.07) is 0.111. The lowest BCUT2D eigenvalue weighted by molar-refractivity contribution is -0.127. The first kappa shape index (κ1) is 12.6. The third kappa shape index (κ3) is 2.01. The van der Waals surface area contributed by atoms with Gasteiger partial charge in [0, 0.05) is 13.1 Å². The number of hydrogen-bond donors (Lipinski definition) is 1. The summed E-state index contributed by atoms with van der Waals surface area (Å²) in [7, 11) is 0. The molecule has 1 aliphatic heterocycles. The molecule has 1 saturated heterocycles. The maximum atomic E-state index is 11.7. The van der Waals surface area contributed by atoms with Crippen LogP contribution in [0.15, 0.2) is 25.2 Å². The van der Waals surface area contributed by atoms with Crippen LogP contribution in [-0.2, 0) is 4.79 Å². The summed E-state index contributed by atoms with van der Waals surface area (Å²) in [6.45, 7) is 4.91. The number of anilines is 1. The number of hydrogen-bond acceptors (Lipinski definition) is 5. The molecule has 1 amide bonds. The second-order valence-corrected chi connectivity index (χ2v) is 4.87. The van der Waals surface area contributed by atoms with Gasteiger partial charge in [0.2, 0.25) is 5.91 Å². The number of carbonyl (C=O) groups excluding carboxylic acids is 1. The average molecular weight is 272 g/mol. The number of rotatable bonds is 2. The van der Waals surface area contributed by atoms with Crippen LogP contribution in [0.3, 0.4) is 0 Å². The van der Waals surface area contributed by atoms with E-state index in [2.05, 4.69) is 21.6 Å². The zero-order valence-corrected chi connectivity index (χ0v) is 11.1. The van der Waals surface area contributed by atoms with Gasteiger partial charge in [-0.1, -0.05) is 6.58 Å².